The molecule has 1 N–H and O–H groups in total. The molecular formula is C11H19N3OS. The van der Waals surface area contributed by atoms with Crippen molar-refractivity contribution in [2.75, 3.05) is 18.1 Å². The van der Waals surface area contributed by atoms with Crippen LogP contribution in [0.3, 0.4) is 0 Å². The fraction of sp³-hybridized carbons (Fsp3) is 0.818. The molecule has 90 valence electrons. The van der Waals surface area contributed by atoms with Gasteiger partial charge < -0.3 is 10.0 Å². The van der Waals surface area contributed by atoms with Crippen molar-refractivity contribution in [3.8, 4) is 0 Å². The van der Waals surface area contributed by atoms with E-state index in [4.69, 9.17) is 0 Å². The van der Waals surface area contributed by atoms with E-state index in [1.54, 1.807) is 0 Å². The van der Waals surface area contributed by atoms with Crippen molar-refractivity contribution in [1.29, 1.82) is 0 Å². The van der Waals surface area contributed by atoms with Crippen molar-refractivity contribution in [1.82, 2.24) is 9.36 Å². The molecule has 0 bridgehead atoms. The fourth-order valence-corrected chi connectivity index (χ4v) is 3.10. The molecule has 2 rings (SSSR count). The minimum Gasteiger partial charge on any atom is -0.394 e. The lowest BCUT2D eigenvalue weighted by Gasteiger charge is -2.38. The second-order valence-corrected chi connectivity index (χ2v) is 5.14. The summed E-state index contributed by atoms with van der Waals surface area (Å²) in [7, 11) is 0. The van der Waals surface area contributed by atoms with Gasteiger partial charge in [-0.3, -0.25) is 0 Å². The summed E-state index contributed by atoms with van der Waals surface area (Å²) in [5.74, 6) is 1.45. The summed E-state index contributed by atoms with van der Waals surface area (Å²) in [5.41, 5.74) is 0. The van der Waals surface area contributed by atoms with Gasteiger partial charge in [0.2, 0.25) is 5.13 Å². The molecular weight excluding hydrogens is 222 g/mol. The molecule has 0 amide bonds. The van der Waals surface area contributed by atoms with E-state index in [1.165, 1.54) is 24.4 Å². The van der Waals surface area contributed by atoms with Crippen molar-refractivity contribution < 1.29 is 5.11 Å². The molecule has 1 aliphatic rings. The van der Waals surface area contributed by atoms with Crippen LogP contribution in [0.2, 0.25) is 0 Å². The number of piperidine rings is 1. The predicted molar refractivity (Wildman–Crippen MR) is 65.9 cm³/mol. The Morgan fingerprint density at radius 2 is 2.38 bits per heavy atom. The lowest BCUT2D eigenvalue weighted by atomic mass is 9.92. The molecule has 1 aromatic rings. The molecule has 0 spiro atoms. The molecule has 1 aliphatic heterocycles. The number of nitrogens with zero attached hydrogens (tertiary/aromatic N) is 3. The van der Waals surface area contributed by atoms with Gasteiger partial charge in [0, 0.05) is 24.5 Å². The Labute approximate surface area is 100 Å². The quantitative estimate of drug-likeness (QED) is 0.875. The van der Waals surface area contributed by atoms with Crippen molar-refractivity contribution >= 4 is 16.7 Å². The van der Waals surface area contributed by atoms with E-state index in [0.29, 0.717) is 5.92 Å². The SMILES string of the molecule is CCc1nsc(N2CCCC(C)C2CO)n1. The van der Waals surface area contributed by atoms with Gasteiger partial charge in [-0.2, -0.15) is 4.37 Å². The first-order valence-electron chi connectivity index (χ1n) is 5.96. The van der Waals surface area contributed by atoms with Gasteiger partial charge in [0.05, 0.1) is 12.6 Å². The van der Waals surface area contributed by atoms with Crippen molar-refractivity contribution in [2.45, 2.75) is 39.2 Å². The van der Waals surface area contributed by atoms with Gasteiger partial charge in [0.15, 0.2) is 0 Å². The smallest absolute Gasteiger partial charge is 0.205 e. The van der Waals surface area contributed by atoms with Gasteiger partial charge in [-0.1, -0.05) is 13.8 Å². The Morgan fingerprint density at radius 1 is 1.56 bits per heavy atom. The first-order valence-corrected chi connectivity index (χ1v) is 6.73. The number of aliphatic hydroxyl groups is 1. The minimum atomic E-state index is 0.211. The minimum absolute atomic E-state index is 0.211. The molecule has 0 aliphatic carbocycles. The number of hydrogen-bond donors (Lipinski definition) is 1. The van der Waals surface area contributed by atoms with E-state index in [0.717, 1.165) is 23.9 Å². The van der Waals surface area contributed by atoms with Crippen LogP contribution in [0.4, 0.5) is 5.13 Å². The highest BCUT2D eigenvalue weighted by Crippen LogP contribution is 2.29. The zero-order valence-electron chi connectivity index (χ0n) is 9.89. The molecule has 4 nitrogen and oxygen atoms in total. The lowest BCUT2D eigenvalue weighted by molar-refractivity contribution is 0.203. The molecule has 1 saturated heterocycles. The van der Waals surface area contributed by atoms with Gasteiger partial charge in [-0.15, -0.1) is 0 Å². The van der Waals surface area contributed by atoms with Crippen molar-refractivity contribution in [3.05, 3.63) is 5.82 Å². The third-order valence-electron chi connectivity index (χ3n) is 3.32. The molecule has 1 aromatic heterocycles. The Balaban J connectivity index is 2.17. The molecule has 0 saturated carbocycles. The fourth-order valence-electron chi connectivity index (χ4n) is 2.27. The highest BCUT2D eigenvalue weighted by atomic mass is 32.1. The number of aryl methyl sites for hydroxylation is 1. The highest BCUT2D eigenvalue weighted by molar-refractivity contribution is 7.09. The van der Waals surface area contributed by atoms with Gasteiger partial charge in [0.1, 0.15) is 5.82 Å². The number of rotatable bonds is 3. The van der Waals surface area contributed by atoms with E-state index >= 15 is 0 Å². The van der Waals surface area contributed by atoms with Crippen LogP contribution < -0.4 is 4.90 Å². The molecule has 16 heavy (non-hydrogen) atoms. The third-order valence-corrected chi connectivity index (χ3v) is 4.11. The Morgan fingerprint density at radius 3 is 3.00 bits per heavy atom. The van der Waals surface area contributed by atoms with Gasteiger partial charge in [-0.25, -0.2) is 4.98 Å². The Hall–Kier alpha value is -0.680. The predicted octanol–water partition coefficient (Wildman–Crippen LogP) is 1.70. The topological polar surface area (TPSA) is 49.2 Å². The second-order valence-electron chi connectivity index (χ2n) is 4.41. The zero-order chi connectivity index (χ0) is 11.5. The third kappa shape index (κ3) is 2.20. The van der Waals surface area contributed by atoms with Crippen LogP contribution in [0, 0.1) is 5.92 Å². The summed E-state index contributed by atoms with van der Waals surface area (Å²) in [6, 6.07) is 0.214. The summed E-state index contributed by atoms with van der Waals surface area (Å²) in [6.07, 6.45) is 3.25. The van der Waals surface area contributed by atoms with E-state index in [9.17, 15) is 5.11 Å². The van der Waals surface area contributed by atoms with Crippen LogP contribution in [-0.4, -0.2) is 33.7 Å². The number of hydrogen-bond acceptors (Lipinski definition) is 5. The molecule has 0 radical (unpaired) electrons. The zero-order valence-corrected chi connectivity index (χ0v) is 10.7. The Kier molecular flexibility index (Phi) is 3.76. The molecule has 1 fully saturated rings. The maximum atomic E-state index is 9.47. The van der Waals surface area contributed by atoms with Crippen LogP contribution in [0.25, 0.3) is 0 Å². The summed E-state index contributed by atoms with van der Waals surface area (Å²) in [5, 5.41) is 10.4. The molecule has 2 atom stereocenters. The number of aliphatic hydroxyl groups excluding tert-OH is 1. The normalized spacial score (nSPS) is 26.1. The van der Waals surface area contributed by atoms with Crippen LogP contribution >= 0.6 is 11.5 Å². The van der Waals surface area contributed by atoms with Crippen molar-refractivity contribution in [3.63, 3.8) is 0 Å². The van der Waals surface area contributed by atoms with Crippen molar-refractivity contribution in [2.24, 2.45) is 5.92 Å². The number of aromatic nitrogens is 2. The maximum Gasteiger partial charge on any atom is 0.205 e. The standard InChI is InChI=1S/C11H19N3OS/c1-3-10-12-11(16-13-10)14-6-4-5-8(2)9(14)7-15/h8-9,15H,3-7H2,1-2H3. The molecule has 2 unspecified atom stereocenters. The highest BCUT2D eigenvalue weighted by Gasteiger charge is 2.29. The van der Waals surface area contributed by atoms with Gasteiger partial charge in [0.25, 0.3) is 0 Å². The summed E-state index contributed by atoms with van der Waals surface area (Å²) in [4.78, 5) is 6.73. The maximum absolute atomic E-state index is 9.47. The first-order chi connectivity index (χ1) is 7.76. The molecule has 2 heterocycles. The second kappa shape index (κ2) is 5.10. The van der Waals surface area contributed by atoms with E-state index in [1.807, 2.05) is 0 Å². The van der Waals surface area contributed by atoms with E-state index < -0.39 is 0 Å². The van der Waals surface area contributed by atoms with Gasteiger partial charge in [-0.05, 0) is 18.8 Å². The Bertz CT molecular complexity index is 342. The molecule has 5 heteroatoms. The summed E-state index contributed by atoms with van der Waals surface area (Å²) in [6.45, 7) is 5.47. The average molecular weight is 241 g/mol. The largest absolute Gasteiger partial charge is 0.394 e. The van der Waals surface area contributed by atoms with E-state index in [2.05, 4.69) is 28.1 Å². The lowest BCUT2D eigenvalue weighted by Crippen LogP contribution is -2.46. The summed E-state index contributed by atoms with van der Waals surface area (Å²) >= 11 is 1.46. The first kappa shape index (κ1) is 11.8. The average Bonchev–Trinajstić information content (AvgIpc) is 2.77. The molecule has 0 aromatic carbocycles. The summed E-state index contributed by atoms with van der Waals surface area (Å²) < 4.78 is 4.31. The van der Waals surface area contributed by atoms with Crippen LogP contribution in [0.1, 0.15) is 32.5 Å². The number of anilines is 1. The van der Waals surface area contributed by atoms with E-state index in [-0.39, 0.29) is 12.6 Å². The van der Waals surface area contributed by atoms with Crippen LogP contribution in [-0.2, 0) is 6.42 Å². The van der Waals surface area contributed by atoms with Crippen LogP contribution in [0.15, 0.2) is 0 Å². The van der Waals surface area contributed by atoms with Gasteiger partial charge >= 0.3 is 0 Å². The monoisotopic (exact) mass is 241 g/mol. The van der Waals surface area contributed by atoms with Crippen LogP contribution in [0.5, 0.6) is 0 Å².